The van der Waals surface area contributed by atoms with Crippen molar-refractivity contribution in [3.63, 3.8) is 0 Å². The summed E-state index contributed by atoms with van der Waals surface area (Å²) < 4.78 is 5.65. The van der Waals surface area contributed by atoms with Crippen molar-refractivity contribution < 1.29 is 4.42 Å². The van der Waals surface area contributed by atoms with Gasteiger partial charge in [-0.3, -0.25) is 0 Å². The van der Waals surface area contributed by atoms with E-state index in [1.54, 1.807) is 6.07 Å². The van der Waals surface area contributed by atoms with Crippen molar-refractivity contribution in [3.8, 4) is 0 Å². The summed E-state index contributed by atoms with van der Waals surface area (Å²) >= 11 is 12.0. The lowest BCUT2D eigenvalue weighted by Gasteiger charge is -1.98. The minimum atomic E-state index is 0.487. The first kappa shape index (κ1) is 11.8. The van der Waals surface area contributed by atoms with Crippen LogP contribution < -0.4 is 5.32 Å². The van der Waals surface area contributed by atoms with Crippen LogP contribution in [0.4, 0.5) is 0 Å². The van der Waals surface area contributed by atoms with Gasteiger partial charge in [0.25, 0.3) is 0 Å². The van der Waals surface area contributed by atoms with Crippen molar-refractivity contribution in [2.75, 3.05) is 6.54 Å². The van der Waals surface area contributed by atoms with Crippen LogP contribution in [0.15, 0.2) is 22.6 Å². The molecular formula is C12H13Cl2NO. The van der Waals surface area contributed by atoms with Crippen molar-refractivity contribution in [1.82, 2.24) is 5.32 Å². The van der Waals surface area contributed by atoms with E-state index in [1.807, 2.05) is 12.1 Å². The largest absolute Gasteiger partial charge is 0.458 e. The third kappa shape index (κ3) is 2.34. The summed E-state index contributed by atoms with van der Waals surface area (Å²) in [6.45, 7) is 3.82. The van der Waals surface area contributed by atoms with E-state index in [-0.39, 0.29) is 0 Å². The van der Waals surface area contributed by atoms with E-state index in [1.165, 1.54) is 0 Å². The Hall–Kier alpha value is -0.700. The number of rotatable bonds is 4. The van der Waals surface area contributed by atoms with Crippen LogP contribution in [-0.2, 0) is 6.54 Å². The van der Waals surface area contributed by atoms with E-state index in [2.05, 4.69) is 12.2 Å². The van der Waals surface area contributed by atoms with Crippen LogP contribution in [0, 0.1) is 0 Å². The van der Waals surface area contributed by atoms with Gasteiger partial charge in [0, 0.05) is 5.39 Å². The Balaban J connectivity index is 2.26. The normalized spacial score (nSPS) is 11.2. The highest BCUT2D eigenvalue weighted by Crippen LogP contribution is 2.32. The fraction of sp³-hybridized carbons (Fsp3) is 0.333. The van der Waals surface area contributed by atoms with Gasteiger partial charge >= 0.3 is 0 Å². The quantitative estimate of drug-likeness (QED) is 0.830. The highest BCUT2D eigenvalue weighted by molar-refractivity contribution is 6.44. The second-order valence-corrected chi connectivity index (χ2v) is 4.45. The van der Waals surface area contributed by atoms with Crippen LogP contribution >= 0.6 is 23.2 Å². The third-order valence-corrected chi connectivity index (χ3v) is 3.14. The molecule has 4 heteroatoms. The Morgan fingerprint density at radius 1 is 1.31 bits per heavy atom. The van der Waals surface area contributed by atoms with E-state index >= 15 is 0 Å². The standard InChI is InChI=1S/C12H13Cl2NO/c1-2-5-15-7-9-6-8-3-4-10(13)11(14)12(8)16-9/h3-4,6,15H,2,5,7H2,1H3. The molecule has 0 aliphatic carbocycles. The lowest BCUT2D eigenvalue weighted by molar-refractivity contribution is 0.513. The van der Waals surface area contributed by atoms with Gasteiger partial charge in [-0.25, -0.2) is 0 Å². The zero-order chi connectivity index (χ0) is 11.5. The molecular weight excluding hydrogens is 245 g/mol. The number of fused-ring (bicyclic) bond motifs is 1. The molecule has 2 nitrogen and oxygen atoms in total. The van der Waals surface area contributed by atoms with Crippen molar-refractivity contribution in [2.45, 2.75) is 19.9 Å². The lowest BCUT2D eigenvalue weighted by Crippen LogP contribution is -2.12. The highest BCUT2D eigenvalue weighted by Gasteiger charge is 2.09. The van der Waals surface area contributed by atoms with Gasteiger partial charge in [0.1, 0.15) is 10.8 Å². The molecule has 2 rings (SSSR count). The van der Waals surface area contributed by atoms with Crippen LogP contribution in [0.5, 0.6) is 0 Å². The zero-order valence-corrected chi connectivity index (χ0v) is 10.5. The minimum absolute atomic E-state index is 0.487. The molecule has 1 aromatic carbocycles. The molecule has 0 atom stereocenters. The Bertz CT molecular complexity index is 493. The summed E-state index contributed by atoms with van der Waals surface area (Å²) in [6.07, 6.45) is 1.10. The molecule has 0 saturated heterocycles. The molecule has 0 fully saturated rings. The van der Waals surface area contributed by atoms with Crippen molar-refractivity contribution in [2.24, 2.45) is 0 Å². The predicted molar refractivity (Wildman–Crippen MR) is 68.2 cm³/mol. The molecule has 0 unspecified atom stereocenters. The minimum Gasteiger partial charge on any atom is -0.458 e. The second-order valence-electron chi connectivity index (χ2n) is 3.67. The van der Waals surface area contributed by atoms with E-state index in [0.29, 0.717) is 15.6 Å². The van der Waals surface area contributed by atoms with Crippen LogP contribution in [0.3, 0.4) is 0 Å². The highest BCUT2D eigenvalue weighted by atomic mass is 35.5. The SMILES string of the molecule is CCCNCc1cc2ccc(Cl)c(Cl)c2o1. The number of hydrogen-bond donors (Lipinski definition) is 1. The van der Waals surface area contributed by atoms with Gasteiger partial charge in [0.15, 0.2) is 5.58 Å². The maximum Gasteiger partial charge on any atom is 0.154 e. The average Bonchev–Trinajstić information content (AvgIpc) is 2.68. The maximum absolute atomic E-state index is 6.05. The molecule has 0 spiro atoms. The Morgan fingerprint density at radius 3 is 2.88 bits per heavy atom. The summed E-state index contributed by atoms with van der Waals surface area (Å²) in [5, 5.41) is 5.28. The zero-order valence-electron chi connectivity index (χ0n) is 9.02. The molecule has 0 bridgehead atoms. The van der Waals surface area contributed by atoms with E-state index in [0.717, 1.165) is 30.7 Å². The molecule has 86 valence electrons. The molecule has 0 saturated carbocycles. The van der Waals surface area contributed by atoms with Crippen LogP contribution in [-0.4, -0.2) is 6.54 Å². The van der Waals surface area contributed by atoms with E-state index < -0.39 is 0 Å². The van der Waals surface area contributed by atoms with Gasteiger partial charge in [-0.15, -0.1) is 0 Å². The van der Waals surface area contributed by atoms with E-state index in [9.17, 15) is 0 Å². The summed E-state index contributed by atoms with van der Waals surface area (Å²) in [5.74, 6) is 0.882. The predicted octanol–water partition coefficient (Wildman–Crippen LogP) is 4.24. The number of hydrogen-bond acceptors (Lipinski definition) is 2. The topological polar surface area (TPSA) is 25.2 Å². The molecule has 0 aliphatic heterocycles. The van der Waals surface area contributed by atoms with Crippen LogP contribution in [0.25, 0.3) is 11.0 Å². The smallest absolute Gasteiger partial charge is 0.154 e. The first-order valence-corrected chi connectivity index (χ1v) is 6.05. The number of benzene rings is 1. The molecule has 1 heterocycles. The lowest BCUT2D eigenvalue weighted by atomic mass is 10.2. The monoisotopic (exact) mass is 257 g/mol. The molecule has 16 heavy (non-hydrogen) atoms. The Morgan fingerprint density at radius 2 is 2.12 bits per heavy atom. The number of nitrogens with one attached hydrogen (secondary N) is 1. The fourth-order valence-corrected chi connectivity index (χ4v) is 1.93. The molecule has 0 amide bonds. The van der Waals surface area contributed by atoms with Gasteiger partial charge in [-0.1, -0.05) is 30.1 Å². The summed E-state index contributed by atoms with van der Waals surface area (Å²) in [6, 6.07) is 5.68. The average molecular weight is 258 g/mol. The maximum atomic E-state index is 6.05. The van der Waals surface area contributed by atoms with Crippen LogP contribution in [0.2, 0.25) is 10.0 Å². The van der Waals surface area contributed by atoms with Crippen molar-refractivity contribution in [1.29, 1.82) is 0 Å². The van der Waals surface area contributed by atoms with Gasteiger partial charge in [0.05, 0.1) is 11.6 Å². The van der Waals surface area contributed by atoms with Gasteiger partial charge < -0.3 is 9.73 Å². The number of furan rings is 1. The summed E-state index contributed by atoms with van der Waals surface area (Å²) in [5.41, 5.74) is 0.669. The second kappa shape index (κ2) is 5.09. The van der Waals surface area contributed by atoms with Gasteiger partial charge in [-0.05, 0) is 31.2 Å². The molecule has 1 N–H and O–H groups in total. The molecule has 0 radical (unpaired) electrons. The van der Waals surface area contributed by atoms with E-state index in [4.69, 9.17) is 27.6 Å². The third-order valence-electron chi connectivity index (χ3n) is 2.36. The van der Waals surface area contributed by atoms with Crippen LogP contribution in [0.1, 0.15) is 19.1 Å². The fourth-order valence-electron chi connectivity index (χ4n) is 1.57. The molecule has 2 aromatic rings. The van der Waals surface area contributed by atoms with Gasteiger partial charge in [-0.2, -0.15) is 0 Å². The van der Waals surface area contributed by atoms with Crippen molar-refractivity contribution in [3.05, 3.63) is 34.0 Å². The summed E-state index contributed by atoms with van der Waals surface area (Å²) in [7, 11) is 0. The summed E-state index contributed by atoms with van der Waals surface area (Å²) in [4.78, 5) is 0. The van der Waals surface area contributed by atoms with Crippen molar-refractivity contribution >= 4 is 34.2 Å². The Labute approximate surface area is 105 Å². The molecule has 1 aromatic heterocycles. The first-order valence-electron chi connectivity index (χ1n) is 5.29. The number of halogens is 2. The molecule has 0 aliphatic rings. The van der Waals surface area contributed by atoms with Gasteiger partial charge in [0.2, 0.25) is 0 Å². The Kier molecular flexibility index (Phi) is 3.74. The first-order chi connectivity index (χ1) is 7.72.